The molecule has 1 aliphatic rings. The van der Waals surface area contributed by atoms with Crippen LogP contribution in [0.25, 0.3) is 0 Å². The van der Waals surface area contributed by atoms with Crippen molar-refractivity contribution in [2.24, 2.45) is 5.73 Å². The van der Waals surface area contributed by atoms with Gasteiger partial charge >= 0.3 is 6.09 Å². The van der Waals surface area contributed by atoms with Crippen LogP contribution in [-0.4, -0.2) is 39.9 Å². The molecule has 6 nitrogen and oxygen atoms in total. The fourth-order valence-corrected chi connectivity index (χ4v) is 2.21. The van der Waals surface area contributed by atoms with Gasteiger partial charge in [0.2, 0.25) is 0 Å². The molecule has 0 aromatic carbocycles. The molecule has 0 atom stereocenters. The van der Waals surface area contributed by atoms with E-state index < -0.39 is 5.60 Å². The summed E-state index contributed by atoms with van der Waals surface area (Å²) in [5.41, 5.74) is 8.34. The number of aromatic amines is 1. The third kappa shape index (κ3) is 3.26. The molecule has 0 saturated carbocycles. The van der Waals surface area contributed by atoms with E-state index in [4.69, 9.17) is 10.5 Å². The van der Waals surface area contributed by atoms with Gasteiger partial charge in [-0.05, 0) is 39.3 Å². The average Bonchev–Trinajstić information content (AvgIpc) is 2.70. The summed E-state index contributed by atoms with van der Waals surface area (Å²) in [4.78, 5) is 13.7. The number of rotatable bonds is 2. The molecule has 1 aromatic heterocycles. The molecule has 0 unspecified atom stereocenters. The molecule has 0 fully saturated rings. The summed E-state index contributed by atoms with van der Waals surface area (Å²) >= 11 is 0. The van der Waals surface area contributed by atoms with Gasteiger partial charge in [0.25, 0.3) is 0 Å². The third-order valence-electron chi connectivity index (χ3n) is 3.05. The number of H-pyrrole nitrogens is 1. The standard InChI is InChI=1S/C13H22N4O2/c1-13(2,3)19-12(18)17-7-5-9-10(4-6-14)15-16-11(9)8-17/h4-8,14H2,1-3H3,(H,15,16). The van der Waals surface area contributed by atoms with Crippen molar-refractivity contribution in [1.82, 2.24) is 15.1 Å². The molecule has 0 radical (unpaired) electrons. The van der Waals surface area contributed by atoms with E-state index in [2.05, 4.69) is 10.2 Å². The van der Waals surface area contributed by atoms with Gasteiger partial charge in [-0.15, -0.1) is 0 Å². The van der Waals surface area contributed by atoms with Gasteiger partial charge in [-0.1, -0.05) is 0 Å². The highest BCUT2D eigenvalue weighted by molar-refractivity contribution is 5.68. The minimum absolute atomic E-state index is 0.270. The monoisotopic (exact) mass is 266 g/mol. The number of amides is 1. The van der Waals surface area contributed by atoms with Gasteiger partial charge in [0.1, 0.15) is 5.60 Å². The van der Waals surface area contributed by atoms with Gasteiger partial charge in [-0.2, -0.15) is 5.10 Å². The van der Waals surface area contributed by atoms with E-state index in [1.54, 1.807) is 4.90 Å². The van der Waals surface area contributed by atoms with Crippen LogP contribution in [-0.2, 0) is 24.1 Å². The van der Waals surface area contributed by atoms with Crippen LogP contribution in [0.15, 0.2) is 0 Å². The maximum absolute atomic E-state index is 12.0. The minimum atomic E-state index is -0.462. The van der Waals surface area contributed by atoms with Gasteiger partial charge < -0.3 is 15.4 Å². The number of ether oxygens (including phenoxy) is 1. The normalized spacial score (nSPS) is 15.3. The van der Waals surface area contributed by atoms with Crippen LogP contribution in [0.3, 0.4) is 0 Å². The van der Waals surface area contributed by atoms with Crippen LogP contribution in [0.4, 0.5) is 4.79 Å². The summed E-state index contributed by atoms with van der Waals surface area (Å²) in [6.45, 7) is 7.40. The second-order valence-corrected chi connectivity index (χ2v) is 5.82. The molecule has 6 heteroatoms. The molecule has 1 aromatic rings. The number of nitrogens with one attached hydrogen (secondary N) is 1. The molecule has 0 bridgehead atoms. The van der Waals surface area contributed by atoms with Crippen LogP contribution >= 0.6 is 0 Å². The van der Waals surface area contributed by atoms with E-state index in [1.165, 1.54) is 5.56 Å². The van der Waals surface area contributed by atoms with Crippen LogP contribution < -0.4 is 5.73 Å². The zero-order valence-corrected chi connectivity index (χ0v) is 11.8. The molecular weight excluding hydrogens is 244 g/mol. The summed E-state index contributed by atoms with van der Waals surface area (Å²) < 4.78 is 5.38. The zero-order valence-electron chi connectivity index (χ0n) is 11.8. The summed E-state index contributed by atoms with van der Waals surface area (Å²) in [5.74, 6) is 0. The number of fused-ring (bicyclic) bond motifs is 1. The van der Waals surface area contributed by atoms with Gasteiger partial charge in [-0.3, -0.25) is 5.10 Å². The molecule has 3 N–H and O–H groups in total. The second-order valence-electron chi connectivity index (χ2n) is 5.82. The van der Waals surface area contributed by atoms with Crippen LogP contribution in [0.1, 0.15) is 37.7 Å². The Morgan fingerprint density at radius 1 is 1.53 bits per heavy atom. The molecule has 0 aliphatic carbocycles. The molecule has 1 aliphatic heterocycles. The van der Waals surface area contributed by atoms with Crippen molar-refractivity contribution in [3.8, 4) is 0 Å². The molecule has 106 valence electrons. The zero-order chi connectivity index (χ0) is 14.0. The van der Waals surface area contributed by atoms with E-state index in [-0.39, 0.29) is 6.09 Å². The number of aromatic nitrogens is 2. The largest absolute Gasteiger partial charge is 0.444 e. The first-order chi connectivity index (χ1) is 8.90. The Kier molecular flexibility index (Phi) is 3.80. The van der Waals surface area contributed by atoms with E-state index in [0.29, 0.717) is 19.6 Å². The molecule has 19 heavy (non-hydrogen) atoms. The predicted octanol–water partition coefficient (Wildman–Crippen LogP) is 1.20. The number of hydrogen-bond donors (Lipinski definition) is 2. The molecule has 0 spiro atoms. The number of nitrogens with two attached hydrogens (primary N) is 1. The summed E-state index contributed by atoms with van der Waals surface area (Å²) in [6.07, 6.45) is 1.31. The molecular formula is C13H22N4O2. The summed E-state index contributed by atoms with van der Waals surface area (Å²) in [6, 6.07) is 0. The maximum Gasteiger partial charge on any atom is 0.410 e. The highest BCUT2D eigenvalue weighted by atomic mass is 16.6. The van der Waals surface area contributed by atoms with E-state index >= 15 is 0 Å². The van der Waals surface area contributed by atoms with Crippen LogP contribution in [0, 0.1) is 0 Å². The lowest BCUT2D eigenvalue weighted by Gasteiger charge is -2.29. The Hall–Kier alpha value is -1.56. The molecule has 2 rings (SSSR count). The van der Waals surface area contributed by atoms with Crippen LogP contribution in [0.5, 0.6) is 0 Å². The van der Waals surface area contributed by atoms with E-state index in [0.717, 1.165) is 24.2 Å². The number of hydrogen-bond acceptors (Lipinski definition) is 4. The number of nitrogens with zero attached hydrogens (tertiary/aromatic N) is 2. The quantitative estimate of drug-likeness (QED) is 0.842. The first-order valence-electron chi connectivity index (χ1n) is 6.63. The lowest BCUT2D eigenvalue weighted by atomic mass is 10.0. The highest BCUT2D eigenvalue weighted by Gasteiger charge is 2.27. The molecule has 1 amide bonds. The Labute approximate surface area is 113 Å². The second kappa shape index (κ2) is 5.21. The van der Waals surface area contributed by atoms with Gasteiger partial charge in [0.15, 0.2) is 0 Å². The van der Waals surface area contributed by atoms with E-state index in [1.807, 2.05) is 20.8 Å². The Morgan fingerprint density at radius 2 is 2.26 bits per heavy atom. The van der Waals surface area contributed by atoms with Crippen molar-refractivity contribution in [2.75, 3.05) is 13.1 Å². The van der Waals surface area contributed by atoms with Crippen molar-refractivity contribution in [3.63, 3.8) is 0 Å². The first kappa shape index (κ1) is 13.9. The molecule has 0 saturated heterocycles. The highest BCUT2D eigenvalue weighted by Crippen LogP contribution is 2.22. The predicted molar refractivity (Wildman–Crippen MR) is 71.7 cm³/mol. The van der Waals surface area contributed by atoms with Crippen molar-refractivity contribution in [3.05, 3.63) is 17.0 Å². The Balaban J connectivity index is 2.04. The molecule has 2 heterocycles. The fourth-order valence-electron chi connectivity index (χ4n) is 2.21. The van der Waals surface area contributed by atoms with Gasteiger partial charge in [-0.25, -0.2) is 4.79 Å². The minimum Gasteiger partial charge on any atom is -0.444 e. The van der Waals surface area contributed by atoms with E-state index in [9.17, 15) is 4.79 Å². The SMILES string of the molecule is CC(C)(C)OC(=O)N1CCc2c(CCN)n[nH]c2C1. The van der Waals surface area contributed by atoms with Crippen molar-refractivity contribution < 1.29 is 9.53 Å². The van der Waals surface area contributed by atoms with Crippen molar-refractivity contribution >= 4 is 6.09 Å². The first-order valence-corrected chi connectivity index (χ1v) is 6.63. The summed E-state index contributed by atoms with van der Waals surface area (Å²) in [7, 11) is 0. The lowest BCUT2D eigenvalue weighted by Crippen LogP contribution is -2.40. The fraction of sp³-hybridized carbons (Fsp3) is 0.692. The maximum atomic E-state index is 12.0. The van der Waals surface area contributed by atoms with Crippen LogP contribution in [0.2, 0.25) is 0 Å². The smallest absolute Gasteiger partial charge is 0.410 e. The lowest BCUT2D eigenvalue weighted by molar-refractivity contribution is 0.0221. The third-order valence-corrected chi connectivity index (χ3v) is 3.05. The number of carbonyl (C=O) groups excluding carboxylic acids is 1. The van der Waals surface area contributed by atoms with Gasteiger partial charge in [0, 0.05) is 13.0 Å². The van der Waals surface area contributed by atoms with Crippen molar-refractivity contribution in [1.29, 1.82) is 0 Å². The number of carbonyl (C=O) groups is 1. The van der Waals surface area contributed by atoms with Crippen molar-refractivity contribution in [2.45, 2.75) is 45.8 Å². The average molecular weight is 266 g/mol. The topological polar surface area (TPSA) is 84.2 Å². The Bertz CT molecular complexity index is 462. The summed E-state index contributed by atoms with van der Waals surface area (Å²) in [5, 5.41) is 7.28. The van der Waals surface area contributed by atoms with Gasteiger partial charge in [0.05, 0.1) is 17.9 Å². The Morgan fingerprint density at radius 3 is 2.89 bits per heavy atom.